The third kappa shape index (κ3) is 9.56. The van der Waals surface area contributed by atoms with E-state index in [9.17, 15) is 9.59 Å². The van der Waals surface area contributed by atoms with Gasteiger partial charge in [-0.05, 0) is 55.7 Å². The molecule has 0 saturated heterocycles. The molecule has 0 heterocycles. The van der Waals surface area contributed by atoms with Gasteiger partial charge in [0.25, 0.3) is 5.91 Å². The van der Waals surface area contributed by atoms with Crippen molar-refractivity contribution in [2.24, 2.45) is 0 Å². The Morgan fingerprint density at radius 3 is 2.24 bits per heavy atom. The number of rotatable bonds is 15. The minimum atomic E-state index is -0.154. The number of nitrogens with one attached hydrogen (secondary N) is 2. The second kappa shape index (κ2) is 14.9. The number of ether oxygens (including phenoxy) is 1. The molecule has 2 aromatic rings. The number of nitrogens with zero attached hydrogens (tertiary/aromatic N) is 1. The van der Waals surface area contributed by atoms with Crippen molar-refractivity contribution in [3.63, 3.8) is 0 Å². The smallest absolute Gasteiger partial charge is 0.253 e. The second-order valence-electron chi connectivity index (χ2n) is 8.21. The number of amides is 2. The van der Waals surface area contributed by atoms with Gasteiger partial charge in [0, 0.05) is 36.1 Å². The number of hydrogen-bond donors (Lipinski definition) is 2. The van der Waals surface area contributed by atoms with Crippen molar-refractivity contribution >= 4 is 23.2 Å². The summed E-state index contributed by atoms with van der Waals surface area (Å²) in [5, 5.41) is 6.00. The summed E-state index contributed by atoms with van der Waals surface area (Å²) >= 11 is 0. The van der Waals surface area contributed by atoms with Crippen molar-refractivity contribution in [3.05, 3.63) is 54.1 Å². The maximum absolute atomic E-state index is 12.7. The van der Waals surface area contributed by atoms with Gasteiger partial charge in [-0.3, -0.25) is 9.59 Å². The topological polar surface area (TPSA) is 70.7 Å². The molecule has 6 nitrogen and oxygen atoms in total. The lowest BCUT2D eigenvalue weighted by atomic mass is 10.1. The van der Waals surface area contributed by atoms with E-state index in [1.54, 1.807) is 24.3 Å². The van der Waals surface area contributed by atoms with Crippen LogP contribution in [-0.2, 0) is 4.79 Å². The average molecular weight is 454 g/mol. The van der Waals surface area contributed by atoms with Gasteiger partial charge in [0.2, 0.25) is 5.91 Å². The summed E-state index contributed by atoms with van der Waals surface area (Å²) in [7, 11) is 0. The number of unbranched alkanes of at least 4 members (excludes halogenated alkanes) is 3. The summed E-state index contributed by atoms with van der Waals surface area (Å²) < 4.78 is 5.80. The molecule has 2 rings (SSSR count). The van der Waals surface area contributed by atoms with Crippen LogP contribution in [0.4, 0.5) is 11.4 Å². The van der Waals surface area contributed by atoms with E-state index in [0.29, 0.717) is 17.9 Å². The lowest BCUT2D eigenvalue weighted by Crippen LogP contribution is -2.32. The maximum atomic E-state index is 12.7. The highest BCUT2D eigenvalue weighted by Gasteiger charge is 2.14. The Labute approximate surface area is 198 Å². The molecule has 33 heavy (non-hydrogen) atoms. The molecule has 0 atom stereocenters. The Morgan fingerprint density at radius 1 is 0.848 bits per heavy atom. The molecule has 0 aromatic heterocycles. The second-order valence-corrected chi connectivity index (χ2v) is 8.21. The van der Waals surface area contributed by atoms with Crippen LogP contribution in [-0.4, -0.2) is 43.0 Å². The number of benzene rings is 2. The molecule has 0 unspecified atom stereocenters. The fourth-order valence-electron chi connectivity index (χ4n) is 3.54. The summed E-state index contributed by atoms with van der Waals surface area (Å²) in [4.78, 5) is 26.9. The fraction of sp³-hybridized carbons (Fsp3) is 0.481. The van der Waals surface area contributed by atoms with E-state index >= 15 is 0 Å². The maximum Gasteiger partial charge on any atom is 0.253 e. The van der Waals surface area contributed by atoms with Gasteiger partial charge < -0.3 is 20.3 Å². The Kier molecular flexibility index (Phi) is 11.9. The van der Waals surface area contributed by atoms with Crippen molar-refractivity contribution in [1.82, 2.24) is 4.90 Å². The Hall–Kier alpha value is -3.02. The number of carbonyl (C=O) groups excluding carboxylic acids is 2. The third-order valence-electron chi connectivity index (χ3n) is 5.24. The van der Waals surface area contributed by atoms with Crippen molar-refractivity contribution < 1.29 is 14.3 Å². The molecular formula is C27H39N3O3. The van der Waals surface area contributed by atoms with Gasteiger partial charge in [-0.1, -0.05) is 46.1 Å². The Morgan fingerprint density at radius 2 is 1.58 bits per heavy atom. The SMILES string of the molecule is CCCCCCOc1cccc(NCC(=O)Nc2ccc(C(=O)N(CCC)CCC)cc2)c1. The highest BCUT2D eigenvalue weighted by molar-refractivity contribution is 5.96. The van der Waals surface area contributed by atoms with Crippen LogP contribution in [0.5, 0.6) is 5.75 Å². The molecule has 6 heteroatoms. The molecule has 0 fully saturated rings. The van der Waals surface area contributed by atoms with Crippen LogP contribution in [0.15, 0.2) is 48.5 Å². The quantitative estimate of drug-likeness (QED) is 0.327. The Balaban J connectivity index is 1.81. The van der Waals surface area contributed by atoms with E-state index < -0.39 is 0 Å². The molecule has 0 aliphatic carbocycles. The standard InChI is InChI=1S/C27H39N3O3/c1-4-7-8-9-19-33-25-12-10-11-24(20-25)28-21-26(31)29-23-15-13-22(14-16-23)27(32)30(17-5-2)18-6-3/h10-16,20,28H,4-9,17-19,21H2,1-3H3,(H,29,31). The lowest BCUT2D eigenvalue weighted by molar-refractivity contribution is -0.114. The molecule has 0 aliphatic rings. The Bertz CT molecular complexity index is 846. The summed E-state index contributed by atoms with van der Waals surface area (Å²) in [6.45, 7) is 8.68. The zero-order valence-electron chi connectivity index (χ0n) is 20.4. The van der Waals surface area contributed by atoms with Crippen LogP contribution < -0.4 is 15.4 Å². The lowest BCUT2D eigenvalue weighted by Gasteiger charge is -2.21. The highest BCUT2D eigenvalue weighted by atomic mass is 16.5. The molecule has 180 valence electrons. The predicted molar refractivity (Wildman–Crippen MR) is 136 cm³/mol. The summed E-state index contributed by atoms with van der Waals surface area (Å²) in [5.74, 6) is 0.682. The molecule has 0 aliphatic heterocycles. The van der Waals surface area contributed by atoms with Crippen LogP contribution in [0, 0.1) is 0 Å². The number of carbonyl (C=O) groups is 2. The van der Waals surface area contributed by atoms with E-state index in [-0.39, 0.29) is 18.4 Å². The number of anilines is 2. The van der Waals surface area contributed by atoms with Crippen molar-refractivity contribution in [1.29, 1.82) is 0 Å². The van der Waals surface area contributed by atoms with Gasteiger partial charge >= 0.3 is 0 Å². The van der Waals surface area contributed by atoms with Crippen LogP contribution in [0.25, 0.3) is 0 Å². The normalized spacial score (nSPS) is 10.5. The van der Waals surface area contributed by atoms with Crippen molar-refractivity contribution in [3.8, 4) is 5.75 Å². The fourth-order valence-corrected chi connectivity index (χ4v) is 3.54. The van der Waals surface area contributed by atoms with E-state index in [2.05, 4.69) is 31.4 Å². The zero-order chi connectivity index (χ0) is 23.9. The van der Waals surface area contributed by atoms with E-state index in [0.717, 1.165) is 43.8 Å². The first kappa shape index (κ1) is 26.2. The first-order valence-electron chi connectivity index (χ1n) is 12.2. The predicted octanol–water partition coefficient (Wildman–Crippen LogP) is 5.96. The van der Waals surface area contributed by atoms with Crippen molar-refractivity contribution in [2.45, 2.75) is 59.3 Å². The van der Waals surface area contributed by atoms with E-state index in [4.69, 9.17) is 4.74 Å². The highest BCUT2D eigenvalue weighted by Crippen LogP contribution is 2.18. The van der Waals surface area contributed by atoms with Gasteiger partial charge in [-0.25, -0.2) is 0 Å². The third-order valence-corrected chi connectivity index (χ3v) is 5.24. The summed E-state index contributed by atoms with van der Waals surface area (Å²) in [5.41, 5.74) is 2.14. The first-order valence-corrected chi connectivity index (χ1v) is 12.2. The molecule has 0 saturated carbocycles. The van der Waals surface area contributed by atoms with Crippen LogP contribution in [0.1, 0.15) is 69.7 Å². The van der Waals surface area contributed by atoms with E-state index in [1.807, 2.05) is 29.2 Å². The van der Waals surface area contributed by atoms with Crippen LogP contribution in [0.3, 0.4) is 0 Å². The largest absolute Gasteiger partial charge is 0.494 e. The van der Waals surface area contributed by atoms with Gasteiger partial charge in [-0.15, -0.1) is 0 Å². The van der Waals surface area contributed by atoms with Crippen LogP contribution in [0.2, 0.25) is 0 Å². The number of hydrogen-bond acceptors (Lipinski definition) is 4. The van der Waals surface area contributed by atoms with Crippen LogP contribution >= 0.6 is 0 Å². The van der Waals surface area contributed by atoms with Gasteiger partial charge in [-0.2, -0.15) is 0 Å². The minimum Gasteiger partial charge on any atom is -0.494 e. The molecule has 2 N–H and O–H groups in total. The molecule has 2 aromatic carbocycles. The first-order chi connectivity index (χ1) is 16.1. The summed E-state index contributed by atoms with van der Waals surface area (Å²) in [6.07, 6.45) is 6.53. The van der Waals surface area contributed by atoms with Gasteiger partial charge in [0.1, 0.15) is 5.75 Å². The monoisotopic (exact) mass is 453 g/mol. The molecular weight excluding hydrogens is 414 g/mol. The summed E-state index contributed by atoms with van der Waals surface area (Å²) in [6, 6.07) is 14.7. The van der Waals surface area contributed by atoms with Crippen molar-refractivity contribution in [2.75, 3.05) is 36.9 Å². The molecule has 0 bridgehead atoms. The van der Waals surface area contributed by atoms with Gasteiger partial charge in [0.05, 0.1) is 13.2 Å². The van der Waals surface area contributed by atoms with Gasteiger partial charge in [0.15, 0.2) is 0 Å². The molecule has 0 radical (unpaired) electrons. The molecule has 0 spiro atoms. The average Bonchev–Trinajstić information content (AvgIpc) is 2.83. The molecule has 2 amide bonds. The zero-order valence-corrected chi connectivity index (χ0v) is 20.4. The van der Waals surface area contributed by atoms with E-state index in [1.165, 1.54) is 19.3 Å². The minimum absolute atomic E-state index is 0.0331.